The Hall–Kier alpha value is -2.18. The first-order chi connectivity index (χ1) is 9.53. The second kappa shape index (κ2) is 5.85. The van der Waals surface area contributed by atoms with E-state index in [0.717, 1.165) is 5.56 Å². The highest BCUT2D eigenvalue weighted by atomic mass is 32.2. The van der Waals surface area contributed by atoms with Crippen molar-refractivity contribution in [3.8, 4) is 0 Å². The van der Waals surface area contributed by atoms with Crippen molar-refractivity contribution in [2.24, 2.45) is 4.40 Å². The highest BCUT2D eigenvalue weighted by molar-refractivity contribution is 7.90. The molecule has 5 nitrogen and oxygen atoms in total. The van der Waals surface area contributed by atoms with Crippen molar-refractivity contribution in [3.63, 3.8) is 0 Å². The topological polar surface area (TPSA) is 78.8 Å². The molecule has 0 atom stereocenters. The minimum Gasteiger partial charge on any atom is -0.290 e. The van der Waals surface area contributed by atoms with Gasteiger partial charge in [-0.2, -0.15) is 8.42 Å². The molecule has 0 saturated heterocycles. The summed E-state index contributed by atoms with van der Waals surface area (Å²) in [6.45, 7) is 1.87. The van der Waals surface area contributed by atoms with E-state index >= 15 is 0 Å². The summed E-state index contributed by atoms with van der Waals surface area (Å²) in [7, 11) is -3.87. The van der Waals surface area contributed by atoms with E-state index in [2.05, 4.69) is 4.40 Å². The molecule has 2 N–H and O–H groups in total. The maximum absolute atomic E-state index is 12.1. The number of benzene rings is 2. The Morgan fingerprint density at radius 2 is 1.65 bits per heavy atom. The second-order valence-electron chi connectivity index (χ2n) is 4.21. The fraction of sp³-hybridized carbons (Fsp3) is 0.0714. The molecule has 0 saturated carbocycles. The minimum atomic E-state index is -3.87. The van der Waals surface area contributed by atoms with Gasteiger partial charge in [-0.05, 0) is 19.1 Å². The third-order valence-corrected chi connectivity index (χ3v) is 3.97. The Bertz CT molecular complexity index is 708. The summed E-state index contributed by atoms with van der Waals surface area (Å²) in [6, 6.07) is 14.9. The third kappa shape index (κ3) is 3.23. The highest BCUT2D eigenvalue weighted by Gasteiger charge is 2.14. The Balaban J connectivity index is 2.43. The fourth-order valence-corrected chi connectivity index (χ4v) is 2.59. The van der Waals surface area contributed by atoms with Crippen molar-refractivity contribution in [1.82, 2.24) is 5.48 Å². The number of hydrogen-bond acceptors (Lipinski definition) is 3. The Labute approximate surface area is 117 Å². The van der Waals surface area contributed by atoms with Gasteiger partial charge in [-0.1, -0.05) is 48.0 Å². The molecule has 20 heavy (non-hydrogen) atoms. The van der Waals surface area contributed by atoms with Crippen LogP contribution in [0.1, 0.15) is 11.1 Å². The maximum atomic E-state index is 12.1. The summed E-state index contributed by atoms with van der Waals surface area (Å²) in [5, 5.41) is 9.09. The Kier molecular flexibility index (Phi) is 4.16. The van der Waals surface area contributed by atoms with Crippen molar-refractivity contribution in [2.45, 2.75) is 11.8 Å². The van der Waals surface area contributed by atoms with Crippen molar-refractivity contribution in [1.29, 1.82) is 0 Å². The zero-order chi connectivity index (χ0) is 14.6. The van der Waals surface area contributed by atoms with E-state index in [-0.39, 0.29) is 10.7 Å². The molecule has 0 aliphatic carbocycles. The van der Waals surface area contributed by atoms with Gasteiger partial charge in [0.25, 0.3) is 10.0 Å². The summed E-state index contributed by atoms with van der Waals surface area (Å²) in [6.07, 6.45) is 0. The molecule has 0 aliphatic heterocycles. The Morgan fingerprint density at radius 1 is 1.05 bits per heavy atom. The van der Waals surface area contributed by atoms with Crippen molar-refractivity contribution < 1.29 is 13.6 Å². The maximum Gasteiger partial charge on any atom is 0.284 e. The van der Waals surface area contributed by atoms with Gasteiger partial charge in [0, 0.05) is 5.56 Å². The number of nitrogens with zero attached hydrogens (tertiary/aromatic N) is 1. The predicted molar refractivity (Wildman–Crippen MR) is 76.3 cm³/mol. The van der Waals surface area contributed by atoms with Crippen LogP contribution in [0.2, 0.25) is 0 Å². The highest BCUT2D eigenvalue weighted by Crippen LogP contribution is 2.14. The summed E-state index contributed by atoms with van der Waals surface area (Å²) in [5.74, 6) is -0.119. The average Bonchev–Trinajstić information content (AvgIpc) is 2.46. The molecule has 2 aromatic rings. The lowest BCUT2D eigenvalue weighted by atomic mass is 10.2. The van der Waals surface area contributed by atoms with Gasteiger partial charge in [-0.15, -0.1) is 4.40 Å². The zero-order valence-electron chi connectivity index (χ0n) is 10.8. The van der Waals surface area contributed by atoms with Crippen molar-refractivity contribution >= 4 is 15.9 Å². The van der Waals surface area contributed by atoms with Crippen LogP contribution in [-0.4, -0.2) is 19.5 Å². The fourth-order valence-electron chi connectivity index (χ4n) is 1.62. The van der Waals surface area contributed by atoms with Gasteiger partial charge in [0.05, 0.1) is 4.90 Å². The molecule has 0 unspecified atom stereocenters. The van der Waals surface area contributed by atoms with Crippen LogP contribution in [-0.2, 0) is 10.0 Å². The lowest BCUT2D eigenvalue weighted by Gasteiger charge is -2.05. The van der Waals surface area contributed by atoms with E-state index in [1.165, 1.54) is 12.1 Å². The third-order valence-electron chi connectivity index (χ3n) is 2.68. The zero-order valence-corrected chi connectivity index (χ0v) is 11.6. The average molecular weight is 290 g/mol. The predicted octanol–water partition coefficient (Wildman–Crippen LogP) is 2.11. The molecule has 0 heterocycles. The molecular formula is C14H14N2O3S. The number of rotatable bonds is 3. The molecular weight excluding hydrogens is 276 g/mol. The summed E-state index contributed by atoms with van der Waals surface area (Å²) < 4.78 is 27.9. The van der Waals surface area contributed by atoms with E-state index in [9.17, 15) is 8.42 Å². The molecule has 0 aromatic heterocycles. The lowest BCUT2D eigenvalue weighted by Crippen LogP contribution is -2.22. The van der Waals surface area contributed by atoms with Gasteiger partial charge in [0.2, 0.25) is 0 Å². The molecule has 0 fully saturated rings. The van der Waals surface area contributed by atoms with Crippen LogP contribution in [0.3, 0.4) is 0 Å². The van der Waals surface area contributed by atoms with Gasteiger partial charge in [0.15, 0.2) is 5.84 Å². The molecule has 0 spiro atoms. The molecule has 104 valence electrons. The van der Waals surface area contributed by atoms with Gasteiger partial charge >= 0.3 is 0 Å². The van der Waals surface area contributed by atoms with Gasteiger partial charge in [-0.3, -0.25) is 10.7 Å². The molecule has 0 bridgehead atoms. The van der Waals surface area contributed by atoms with E-state index in [1.54, 1.807) is 42.5 Å². The van der Waals surface area contributed by atoms with E-state index in [4.69, 9.17) is 5.21 Å². The normalized spacial score (nSPS) is 12.2. The standard InChI is InChI=1S/C14H14N2O3S/c1-11-7-9-13(10-8-11)20(18,19)16-14(15-17)12-5-3-2-4-6-12/h2-10,17H,1H3,(H,15,16). The molecule has 6 heteroatoms. The largest absolute Gasteiger partial charge is 0.290 e. The van der Waals surface area contributed by atoms with Crippen LogP contribution >= 0.6 is 0 Å². The van der Waals surface area contributed by atoms with E-state index in [0.29, 0.717) is 5.56 Å². The Morgan fingerprint density at radius 3 is 2.20 bits per heavy atom. The molecule has 0 aliphatic rings. The van der Waals surface area contributed by atoms with E-state index < -0.39 is 10.0 Å². The number of amidine groups is 1. The van der Waals surface area contributed by atoms with E-state index in [1.807, 2.05) is 12.4 Å². The van der Waals surface area contributed by atoms with Crippen LogP contribution in [0.25, 0.3) is 0 Å². The van der Waals surface area contributed by atoms with Gasteiger partial charge in [0.1, 0.15) is 0 Å². The summed E-state index contributed by atoms with van der Waals surface area (Å²) >= 11 is 0. The van der Waals surface area contributed by atoms with Gasteiger partial charge < -0.3 is 0 Å². The van der Waals surface area contributed by atoms with Crippen molar-refractivity contribution in [2.75, 3.05) is 0 Å². The van der Waals surface area contributed by atoms with Crippen LogP contribution in [0.15, 0.2) is 63.9 Å². The summed E-state index contributed by atoms with van der Waals surface area (Å²) in [4.78, 5) is 0.0757. The molecule has 0 amide bonds. The smallest absolute Gasteiger partial charge is 0.284 e. The van der Waals surface area contributed by atoms with Crippen LogP contribution < -0.4 is 5.48 Å². The first kappa shape index (κ1) is 14.2. The van der Waals surface area contributed by atoms with Gasteiger partial charge in [-0.25, -0.2) is 0 Å². The van der Waals surface area contributed by atoms with Crippen LogP contribution in [0.5, 0.6) is 0 Å². The lowest BCUT2D eigenvalue weighted by molar-refractivity contribution is 0.235. The first-order valence-electron chi connectivity index (χ1n) is 5.90. The van der Waals surface area contributed by atoms with Crippen LogP contribution in [0.4, 0.5) is 0 Å². The quantitative estimate of drug-likeness (QED) is 0.515. The number of hydroxylamine groups is 1. The molecule has 2 rings (SSSR count). The molecule has 0 radical (unpaired) electrons. The van der Waals surface area contributed by atoms with Crippen LogP contribution in [0, 0.1) is 6.92 Å². The molecule has 2 aromatic carbocycles. The summed E-state index contributed by atoms with van der Waals surface area (Å²) in [5.41, 5.74) is 3.26. The number of sulfonamides is 1. The first-order valence-corrected chi connectivity index (χ1v) is 7.34. The minimum absolute atomic E-state index is 0.0757. The SMILES string of the molecule is Cc1ccc(S(=O)(=O)/N=C(\NO)c2ccccc2)cc1. The number of nitrogens with one attached hydrogen (secondary N) is 1. The second-order valence-corrected chi connectivity index (χ2v) is 5.81. The monoisotopic (exact) mass is 290 g/mol. The number of aryl methyl sites for hydroxylation is 1. The van der Waals surface area contributed by atoms with Crippen molar-refractivity contribution in [3.05, 3.63) is 65.7 Å². The number of hydrogen-bond donors (Lipinski definition) is 2.